The molecule has 110 valence electrons. The molecule has 2 aromatic rings. The Kier molecular flexibility index (Phi) is 4.42. The number of pyridine rings is 2. The van der Waals surface area contributed by atoms with E-state index < -0.39 is 11.7 Å². The fraction of sp³-hybridized carbons (Fsp3) is 0.154. The highest BCUT2D eigenvalue weighted by Crippen LogP contribution is 2.33. The number of nitrogens with zero attached hydrogens (tertiary/aromatic N) is 4. The summed E-state index contributed by atoms with van der Waals surface area (Å²) in [4.78, 5) is 7.73. The quantitative estimate of drug-likeness (QED) is 0.642. The van der Waals surface area contributed by atoms with Gasteiger partial charge in [-0.3, -0.25) is 4.98 Å². The molecule has 0 amide bonds. The number of hydrogen-bond acceptors (Lipinski definition) is 4. The van der Waals surface area contributed by atoms with Gasteiger partial charge in [0.1, 0.15) is 0 Å². The molecule has 2 rings (SSSR count). The highest BCUT2D eigenvalue weighted by atomic mass is 35.5. The normalized spacial score (nSPS) is 11.9. The summed E-state index contributed by atoms with van der Waals surface area (Å²) in [6.07, 6.45) is -0.709. The average Bonchev–Trinajstić information content (AvgIpc) is 2.45. The van der Waals surface area contributed by atoms with E-state index in [0.717, 1.165) is 6.07 Å². The maximum atomic E-state index is 12.5. The maximum Gasteiger partial charge on any atom is 0.417 e. The summed E-state index contributed by atoms with van der Waals surface area (Å²) < 4.78 is 37.6. The summed E-state index contributed by atoms with van der Waals surface area (Å²) >= 11 is 5.82. The van der Waals surface area contributed by atoms with E-state index in [4.69, 9.17) is 11.6 Å². The Balaban J connectivity index is 2.20. The molecule has 0 aliphatic carbocycles. The first-order valence-corrected chi connectivity index (χ1v) is 6.17. The van der Waals surface area contributed by atoms with Gasteiger partial charge >= 0.3 is 6.18 Å². The highest BCUT2D eigenvalue weighted by molar-refractivity contribution is 6.33. The van der Waals surface area contributed by atoms with Crippen molar-refractivity contribution in [1.29, 1.82) is 0 Å². The summed E-state index contributed by atoms with van der Waals surface area (Å²) in [6.45, 7) is 0. The number of alkyl halides is 3. The van der Waals surface area contributed by atoms with Gasteiger partial charge in [0.25, 0.3) is 0 Å². The van der Waals surface area contributed by atoms with E-state index in [9.17, 15) is 13.2 Å². The van der Waals surface area contributed by atoms with Gasteiger partial charge in [-0.2, -0.15) is 18.3 Å². The molecule has 0 aliphatic rings. The van der Waals surface area contributed by atoms with Crippen molar-refractivity contribution in [3.63, 3.8) is 0 Å². The van der Waals surface area contributed by atoms with Gasteiger partial charge in [-0.1, -0.05) is 17.7 Å². The van der Waals surface area contributed by atoms with E-state index in [1.54, 1.807) is 24.4 Å². The van der Waals surface area contributed by atoms with Crippen LogP contribution in [0.5, 0.6) is 0 Å². The molecule has 0 radical (unpaired) electrons. The van der Waals surface area contributed by atoms with Crippen molar-refractivity contribution >= 4 is 23.6 Å². The fourth-order valence-electron chi connectivity index (χ4n) is 1.48. The van der Waals surface area contributed by atoms with E-state index in [1.165, 1.54) is 18.3 Å². The molecule has 0 saturated heterocycles. The fourth-order valence-corrected chi connectivity index (χ4v) is 1.77. The Morgan fingerprint density at radius 1 is 1.29 bits per heavy atom. The summed E-state index contributed by atoms with van der Waals surface area (Å²) in [7, 11) is 1.53. The van der Waals surface area contributed by atoms with Crippen LogP contribution in [0.15, 0.2) is 41.8 Å². The van der Waals surface area contributed by atoms with E-state index in [-0.39, 0.29) is 10.8 Å². The number of anilines is 1. The Morgan fingerprint density at radius 2 is 2.05 bits per heavy atom. The second-order valence-electron chi connectivity index (χ2n) is 4.05. The molecule has 2 heterocycles. The number of hydrogen-bond donors (Lipinski definition) is 0. The van der Waals surface area contributed by atoms with Crippen molar-refractivity contribution < 1.29 is 13.2 Å². The van der Waals surface area contributed by atoms with Gasteiger partial charge in [0.15, 0.2) is 5.82 Å². The summed E-state index contributed by atoms with van der Waals surface area (Å²) in [6, 6.07) is 6.10. The van der Waals surface area contributed by atoms with E-state index in [2.05, 4.69) is 15.1 Å². The summed E-state index contributed by atoms with van der Waals surface area (Å²) in [5, 5.41) is 5.18. The third-order valence-corrected chi connectivity index (χ3v) is 2.78. The topological polar surface area (TPSA) is 41.4 Å². The van der Waals surface area contributed by atoms with Crippen molar-refractivity contribution in [2.45, 2.75) is 6.18 Å². The lowest BCUT2D eigenvalue weighted by molar-refractivity contribution is -0.137. The van der Waals surface area contributed by atoms with Crippen molar-refractivity contribution in [3.05, 3.63) is 52.9 Å². The minimum atomic E-state index is -4.48. The molecule has 8 heteroatoms. The zero-order chi connectivity index (χ0) is 15.5. The SMILES string of the molecule is CN(N=Cc1ccccn1)c1ncc(C(F)(F)F)cc1Cl. The van der Waals surface area contributed by atoms with Gasteiger partial charge in [0.05, 0.1) is 22.5 Å². The van der Waals surface area contributed by atoms with Crippen molar-refractivity contribution in [3.8, 4) is 0 Å². The summed E-state index contributed by atoms with van der Waals surface area (Å²) in [5.41, 5.74) is -0.300. The first-order valence-electron chi connectivity index (χ1n) is 5.79. The molecular weight excluding hydrogens is 305 g/mol. The number of rotatable bonds is 3. The third kappa shape index (κ3) is 3.91. The van der Waals surface area contributed by atoms with E-state index in [1.807, 2.05) is 0 Å². The molecule has 0 spiro atoms. The minimum Gasteiger partial charge on any atom is -0.255 e. The van der Waals surface area contributed by atoms with E-state index in [0.29, 0.717) is 11.9 Å². The maximum absolute atomic E-state index is 12.5. The molecule has 4 nitrogen and oxygen atoms in total. The smallest absolute Gasteiger partial charge is 0.255 e. The first kappa shape index (κ1) is 15.2. The molecule has 2 aromatic heterocycles. The monoisotopic (exact) mass is 314 g/mol. The molecule has 0 fully saturated rings. The van der Waals surface area contributed by atoms with Crippen LogP contribution in [0.25, 0.3) is 0 Å². The minimum absolute atomic E-state index is 0.122. The lowest BCUT2D eigenvalue weighted by Gasteiger charge is -2.14. The third-order valence-electron chi connectivity index (χ3n) is 2.51. The lowest BCUT2D eigenvalue weighted by Crippen LogP contribution is -2.13. The molecule has 0 bridgehead atoms. The Labute approximate surface area is 123 Å². The van der Waals surface area contributed by atoms with Gasteiger partial charge in [-0.25, -0.2) is 9.99 Å². The predicted octanol–water partition coefficient (Wildman–Crippen LogP) is 3.62. The van der Waals surface area contributed by atoms with Crippen LogP contribution in [-0.4, -0.2) is 23.2 Å². The number of halogens is 4. The van der Waals surface area contributed by atoms with Crippen LogP contribution in [-0.2, 0) is 6.18 Å². The second kappa shape index (κ2) is 6.09. The molecule has 0 N–H and O–H groups in total. The van der Waals surface area contributed by atoms with Crippen LogP contribution in [0.2, 0.25) is 5.02 Å². The molecule has 0 aromatic carbocycles. The number of aromatic nitrogens is 2. The first-order chi connectivity index (χ1) is 9.88. The van der Waals surface area contributed by atoms with Crippen molar-refractivity contribution in [2.75, 3.05) is 12.1 Å². The van der Waals surface area contributed by atoms with Crippen molar-refractivity contribution in [1.82, 2.24) is 9.97 Å². The molecule has 21 heavy (non-hydrogen) atoms. The van der Waals surface area contributed by atoms with Gasteiger partial charge in [-0.05, 0) is 18.2 Å². The molecular formula is C13H10ClF3N4. The van der Waals surface area contributed by atoms with Crippen molar-refractivity contribution in [2.24, 2.45) is 5.10 Å². The van der Waals surface area contributed by atoms with Crippen LogP contribution in [0.3, 0.4) is 0 Å². The Morgan fingerprint density at radius 3 is 2.62 bits per heavy atom. The Hall–Kier alpha value is -2.15. The molecule has 0 saturated carbocycles. The molecule has 0 unspecified atom stereocenters. The zero-order valence-corrected chi connectivity index (χ0v) is 11.6. The van der Waals surface area contributed by atoms with Crippen LogP contribution in [0, 0.1) is 0 Å². The van der Waals surface area contributed by atoms with E-state index >= 15 is 0 Å². The standard InChI is InChI=1S/C13H10ClF3N4/c1-21(20-8-10-4-2-3-5-18-10)12-11(14)6-9(7-19-12)13(15,16)17/h2-8H,1H3. The Bertz CT molecular complexity index is 644. The van der Waals surface area contributed by atoms with Gasteiger partial charge in [-0.15, -0.1) is 0 Å². The van der Waals surface area contributed by atoms with Gasteiger partial charge in [0, 0.05) is 19.4 Å². The highest BCUT2D eigenvalue weighted by Gasteiger charge is 2.31. The van der Waals surface area contributed by atoms with Crippen LogP contribution in [0.4, 0.5) is 19.0 Å². The predicted molar refractivity (Wildman–Crippen MR) is 74.5 cm³/mol. The molecule has 0 atom stereocenters. The number of hydrazone groups is 1. The van der Waals surface area contributed by atoms with Gasteiger partial charge in [0.2, 0.25) is 0 Å². The second-order valence-corrected chi connectivity index (χ2v) is 4.46. The lowest BCUT2D eigenvalue weighted by atomic mass is 10.3. The van der Waals surface area contributed by atoms with Gasteiger partial charge < -0.3 is 0 Å². The van der Waals surface area contributed by atoms with Crippen LogP contribution in [0.1, 0.15) is 11.3 Å². The molecule has 0 aliphatic heterocycles. The van der Waals surface area contributed by atoms with Crippen LogP contribution >= 0.6 is 11.6 Å². The average molecular weight is 315 g/mol. The zero-order valence-electron chi connectivity index (χ0n) is 10.8. The van der Waals surface area contributed by atoms with Crippen LogP contribution < -0.4 is 5.01 Å². The summed E-state index contributed by atoms with van der Waals surface area (Å²) in [5.74, 6) is 0.122. The largest absolute Gasteiger partial charge is 0.417 e.